The van der Waals surface area contributed by atoms with E-state index in [1.54, 1.807) is 12.1 Å². The number of carbonyl (C=O) groups excluding carboxylic acids is 2. The molecule has 2 amide bonds. The van der Waals surface area contributed by atoms with Gasteiger partial charge in [0.05, 0.1) is 16.6 Å². The van der Waals surface area contributed by atoms with E-state index in [1.807, 2.05) is 61.5 Å². The highest BCUT2D eigenvalue weighted by Crippen LogP contribution is 2.54. The Balaban J connectivity index is 1.45. The molecule has 0 radical (unpaired) electrons. The van der Waals surface area contributed by atoms with E-state index in [4.69, 9.17) is 4.74 Å². The Morgan fingerprint density at radius 1 is 0.947 bits per heavy atom. The van der Waals surface area contributed by atoms with E-state index in [0.717, 1.165) is 41.8 Å². The van der Waals surface area contributed by atoms with Gasteiger partial charge in [-0.3, -0.25) is 14.4 Å². The molecule has 38 heavy (non-hydrogen) atoms. The molecule has 1 aromatic heterocycles. The molecule has 4 aromatic rings. The molecule has 0 bridgehead atoms. The lowest BCUT2D eigenvalue weighted by molar-refractivity contribution is -0.122. The van der Waals surface area contributed by atoms with Crippen LogP contribution in [0, 0.1) is 12.8 Å². The zero-order valence-corrected chi connectivity index (χ0v) is 24.7. The van der Waals surface area contributed by atoms with Gasteiger partial charge in [0.25, 0.3) is 0 Å². The fraction of sp³-hybridized carbons (Fsp3) is 0.179. The highest BCUT2D eigenvalue weighted by Gasteiger charge is 2.56. The Morgan fingerprint density at radius 3 is 2.45 bits per heavy atom. The second-order valence-corrected chi connectivity index (χ2v) is 13.1. The Morgan fingerprint density at radius 2 is 1.68 bits per heavy atom. The van der Waals surface area contributed by atoms with Crippen LogP contribution in [0.2, 0.25) is 0 Å². The molecule has 1 N–H and O–H groups in total. The number of nitrogens with zero attached hydrogens (tertiary/aromatic N) is 1. The maximum absolute atomic E-state index is 14.0. The van der Waals surface area contributed by atoms with Crippen LogP contribution in [0.4, 0.5) is 5.69 Å². The van der Waals surface area contributed by atoms with Crippen molar-refractivity contribution in [2.24, 2.45) is 5.92 Å². The first-order valence-electron chi connectivity index (χ1n) is 11.8. The number of hydrogen-bond acceptors (Lipinski definition) is 6. The largest absolute Gasteiger partial charge is 0.489 e. The number of benzene rings is 3. The number of ether oxygens (including phenoxy) is 1. The number of carbonyl (C=O) groups is 2. The molecule has 3 heterocycles. The standard InChI is InChI=1S/C28H20Br2N2O4S2/c1-14-4-2-3-5-15(14)13-36-20-11-8-17(30)12-19(20)21-22-24(37-25-23(21)38-28(35)31-25)27(34)32(26(22)33)18-9-6-16(29)7-10-18/h2-12,21-22,24H,13H2,1H3,(H,31,35)/t21-,22?,24?/m1/s1. The highest BCUT2D eigenvalue weighted by molar-refractivity contribution is 9.10. The summed E-state index contributed by atoms with van der Waals surface area (Å²) >= 11 is 9.34. The third kappa shape index (κ3) is 4.47. The number of fused-ring (bicyclic) bond motifs is 2. The van der Waals surface area contributed by atoms with Crippen LogP contribution in [0.5, 0.6) is 5.75 Å². The van der Waals surface area contributed by atoms with Gasteiger partial charge in [0.1, 0.15) is 17.6 Å². The van der Waals surface area contributed by atoms with Crippen molar-refractivity contribution in [1.29, 1.82) is 0 Å². The van der Waals surface area contributed by atoms with Gasteiger partial charge >= 0.3 is 4.87 Å². The summed E-state index contributed by atoms with van der Waals surface area (Å²) in [5, 5.41) is -0.0352. The fourth-order valence-electron chi connectivity index (χ4n) is 5.02. The number of aromatic nitrogens is 1. The van der Waals surface area contributed by atoms with Crippen LogP contribution in [0.3, 0.4) is 0 Å². The van der Waals surface area contributed by atoms with Gasteiger partial charge in [0.2, 0.25) is 11.8 Å². The van der Waals surface area contributed by atoms with Crippen LogP contribution >= 0.6 is 55.0 Å². The third-order valence-corrected chi connectivity index (χ3v) is 10.3. The molecule has 2 aliphatic heterocycles. The molecule has 2 aliphatic rings. The number of aryl methyl sites for hydroxylation is 1. The van der Waals surface area contributed by atoms with E-state index in [0.29, 0.717) is 23.1 Å². The SMILES string of the molecule is Cc1ccccc1COc1ccc(Br)cc1[C@H]1c2sc(=O)[nH]c2SC2C(=O)N(c3ccc(Br)cc3)C(=O)C21. The minimum Gasteiger partial charge on any atom is -0.489 e. The number of thiazole rings is 1. The Hall–Kier alpha value is -2.66. The van der Waals surface area contributed by atoms with Crippen LogP contribution in [0.25, 0.3) is 0 Å². The molecule has 10 heteroatoms. The van der Waals surface area contributed by atoms with Crippen LogP contribution in [0.15, 0.2) is 85.5 Å². The molecule has 0 spiro atoms. The molecular formula is C28H20Br2N2O4S2. The summed E-state index contributed by atoms with van der Waals surface area (Å²) < 4.78 is 8.01. The predicted octanol–water partition coefficient (Wildman–Crippen LogP) is 6.64. The summed E-state index contributed by atoms with van der Waals surface area (Å²) in [6, 6.07) is 20.8. The van der Waals surface area contributed by atoms with Crippen molar-refractivity contribution in [1.82, 2.24) is 4.98 Å². The van der Waals surface area contributed by atoms with E-state index in [-0.39, 0.29) is 16.7 Å². The summed E-state index contributed by atoms with van der Waals surface area (Å²) in [5.41, 5.74) is 3.46. The molecule has 192 valence electrons. The zero-order valence-electron chi connectivity index (χ0n) is 19.9. The number of imide groups is 1. The summed E-state index contributed by atoms with van der Waals surface area (Å²) in [7, 11) is 0. The lowest BCUT2D eigenvalue weighted by Gasteiger charge is -2.31. The van der Waals surface area contributed by atoms with Gasteiger partial charge in [-0.15, -0.1) is 0 Å². The number of aromatic amines is 1. The van der Waals surface area contributed by atoms with Gasteiger partial charge in [-0.05, 0) is 60.5 Å². The average molecular weight is 672 g/mol. The molecule has 6 rings (SSSR count). The average Bonchev–Trinajstić information content (AvgIpc) is 3.39. The van der Waals surface area contributed by atoms with Gasteiger partial charge < -0.3 is 9.72 Å². The van der Waals surface area contributed by atoms with Crippen molar-refractivity contribution in [3.05, 3.63) is 107 Å². The number of amides is 2. The third-order valence-electron chi connectivity index (χ3n) is 6.86. The monoisotopic (exact) mass is 670 g/mol. The van der Waals surface area contributed by atoms with Crippen LogP contribution in [-0.2, 0) is 16.2 Å². The van der Waals surface area contributed by atoms with Crippen molar-refractivity contribution in [2.45, 2.75) is 29.7 Å². The van der Waals surface area contributed by atoms with Crippen molar-refractivity contribution >= 4 is 72.5 Å². The maximum atomic E-state index is 14.0. The Bertz CT molecular complexity index is 1630. The molecule has 3 atom stereocenters. The molecule has 0 aliphatic carbocycles. The number of thioether (sulfide) groups is 1. The first-order valence-corrected chi connectivity index (χ1v) is 15.1. The summed E-state index contributed by atoms with van der Waals surface area (Å²) in [5.74, 6) is -1.17. The molecule has 6 nitrogen and oxygen atoms in total. The number of hydrogen-bond donors (Lipinski definition) is 1. The lowest BCUT2D eigenvalue weighted by atomic mass is 9.82. The molecule has 0 saturated carbocycles. The predicted molar refractivity (Wildman–Crippen MR) is 156 cm³/mol. The number of rotatable bonds is 5. The minimum absolute atomic E-state index is 0.213. The summed E-state index contributed by atoms with van der Waals surface area (Å²) in [4.78, 5) is 44.8. The highest BCUT2D eigenvalue weighted by atomic mass is 79.9. The summed E-state index contributed by atoms with van der Waals surface area (Å²) in [6.45, 7) is 2.39. The Labute approximate surface area is 243 Å². The molecule has 3 aromatic carbocycles. The Kier molecular flexibility index (Phi) is 6.84. The molecule has 1 saturated heterocycles. The first kappa shape index (κ1) is 25.6. The second kappa shape index (κ2) is 10.1. The quantitative estimate of drug-likeness (QED) is 0.241. The van der Waals surface area contributed by atoms with Crippen LogP contribution in [0.1, 0.15) is 27.5 Å². The van der Waals surface area contributed by atoms with Gasteiger partial charge in [0, 0.05) is 25.3 Å². The van der Waals surface area contributed by atoms with Gasteiger partial charge in [-0.1, -0.05) is 79.2 Å². The van der Waals surface area contributed by atoms with Crippen molar-refractivity contribution in [3.8, 4) is 5.75 Å². The fourth-order valence-corrected chi connectivity index (χ4v) is 8.17. The van der Waals surface area contributed by atoms with Gasteiger partial charge in [-0.25, -0.2) is 4.90 Å². The van der Waals surface area contributed by atoms with Gasteiger partial charge in [0.15, 0.2) is 0 Å². The normalized spacial score (nSPS) is 20.4. The topological polar surface area (TPSA) is 79.5 Å². The lowest BCUT2D eigenvalue weighted by Crippen LogP contribution is -2.32. The van der Waals surface area contributed by atoms with Crippen LogP contribution < -0.4 is 14.5 Å². The first-order chi connectivity index (χ1) is 18.3. The van der Waals surface area contributed by atoms with E-state index < -0.39 is 17.1 Å². The number of anilines is 1. The summed E-state index contributed by atoms with van der Waals surface area (Å²) in [6.07, 6.45) is 0. The van der Waals surface area contributed by atoms with E-state index in [2.05, 4.69) is 36.8 Å². The van der Waals surface area contributed by atoms with Crippen molar-refractivity contribution in [3.63, 3.8) is 0 Å². The van der Waals surface area contributed by atoms with Crippen LogP contribution in [-0.4, -0.2) is 22.0 Å². The maximum Gasteiger partial charge on any atom is 0.305 e. The van der Waals surface area contributed by atoms with E-state index in [1.165, 1.54) is 16.7 Å². The molecular weight excluding hydrogens is 652 g/mol. The van der Waals surface area contributed by atoms with Crippen molar-refractivity contribution < 1.29 is 14.3 Å². The number of H-pyrrole nitrogens is 1. The van der Waals surface area contributed by atoms with Gasteiger partial charge in [-0.2, -0.15) is 0 Å². The van der Waals surface area contributed by atoms with E-state index >= 15 is 0 Å². The second-order valence-electron chi connectivity index (χ2n) is 9.14. The zero-order chi connectivity index (χ0) is 26.6. The smallest absolute Gasteiger partial charge is 0.305 e. The minimum atomic E-state index is -0.690. The number of nitrogens with one attached hydrogen (secondary N) is 1. The number of halogens is 2. The molecule has 1 fully saturated rings. The van der Waals surface area contributed by atoms with E-state index in [9.17, 15) is 14.4 Å². The van der Waals surface area contributed by atoms with Crippen molar-refractivity contribution in [2.75, 3.05) is 4.90 Å². The molecule has 2 unspecified atom stereocenters.